The maximum Gasteiger partial charge on any atom is 0.251 e. The molecule has 0 radical (unpaired) electrons. The normalized spacial score (nSPS) is 15.9. The molecular formula is C38H47FN2O4. The lowest BCUT2D eigenvalue weighted by molar-refractivity contribution is -0.0855. The van der Waals surface area contributed by atoms with Crippen molar-refractivity contribution in [1.29, 1.82) is 0 Å². The third-order valence-electron chi connectivity index (χ3n) is 8.41. The van der Waals surface area contributed by atoms with E-state index in [-0.39, 0.29) is 23.6 Å². The second-order valence-corrected chi connectivity index (χ2v) is 11.9. The lowest BCUT2D eigenvalue weighted by Crippen LogP contribution is -2.41. The first-order valence-electron chi connectivity index (χ1n) is 16.2. The quantitative estimate of drug-likeness (QED) is 0.221. The van der Waals surface area contributed by atoms with E-state index in [4.69, 9.17) is 9.47 Å². The summed E-state index contributed by atoms with van der Waals surface area (Å²) in [6.07, 6.45) is 7.13. The Kier molecular flexibility index (Phi) is 12.9. The van der Waals surface area contributed by atoms with Gasteiger partial charge in [-0.15, -0.1) is 0 Å². The predicted molar refractivity (Wildman–Crippen MR) is 179 cm³/mol. The minimum absolute atomic E-state index is 0.114. The first-order valence-corrected chi connectivity index (χ1v) is 16.2. The number of halogens is 1. The van der Waals surface area contributed by atoms with Crippen LogP contribution in [0.2, 0.25) is 0 Å². The SMILES string of the molecule is C=c1ccc(C(=O)NCC2COCCO2)c(CC)/c1=C/N(C)CC(CCC)CCCC(=O)c1ccc(-c2ccc(F)cc2)cc1. The zero-order valence-electron chi connectivity index (χ0n) is 26.9. The maximum absolute atomic E-state index is 13.3. The highest BCUT2D eigenvalue weighted by molar-refractivity contribution is 5.96. The first kappa shape index (κ1) is 34.1. The summed E-state index contributed by atoms with van der Waals surface area (Å²) in [4.78, 5) is 28.3. The van der Waals surface area contributed by atoms with Gasteiger partial charge in [0.1, 0.15) is 5.82 Å². The number of carbonyl (C=O) groups is 2. The van der Waals surface area contributed by atoms with Gasteiger partial charge in [-0.2, -0.15) is 0 Å². The van der Waals surface area contributed by atoms with E-state index in [1.807, 2.05) is 36.4 Å². The van der Waals surface area contributed by atoms with E-state index in [9.17, 15) is 14.0 Å². The Bertz CT molecular complexity index is 1520. The van der Waals surface area contributed by atoms with Crippen LogP contribution in [0.4, 0.5) is 4.39 Å². The van der Waals surface area contributed by atoms with Crippen molar-refractivity contribution in [3.05, 3.63) is 93.6 Å². The lowest BCUT2D eigenvalue weighted by Gasteiger charge is -2.24. The highest BCUT2D eigenvalue weighted by Gasteiger charge is 2.18. The van der Waals surface area contributed by atoms with Crippen LogP contribution in [0.1, 0.15) is 72.2 Å². The van der Waals surface area contributed by atoms with E-state index < -0.39 is 0 Å². The second-order valence-electron chi connectivity index (χ2n) is 11.9. The molecule has 1 amide bonds. The molecule has 1 heterocycles. The van der Waals surface area contributed by atoms with Gasteiger partial charge in [-0.05, 0) is 71.7 Å². The first-order chi connectivity index (χ1) is 21.8. The number of nitrogens with one attached hydrogen (secondary N) is 1. The van der Waals surface area contributed by atoms with E-state index in [0.29, 0.717) is 56.3 Å². The fourth-order valence-electron chi connectivity index (χ4n) is 6.03. The van der Waals surface area contributed by atoms with E-state index in [1.54, 1.807) is 12.1 Å². The minimum Gasteiger partial charge on any atom is -0.380 e. The third kappa shape index (κ3) is 9.84. The van der Waals surface area contributed by atoms with Gasteiger partial charge in [0.25, 0.3) is 5.91 Å². The van der Waals surface area contributed by atoms with Crippen molar-refractivity contribution in [2.75, 3.05) is 40.0 Å². The number of carbonyl (C=O) groups excluding carboxylic acids is 2. The Morgan fingerprint density at radius 1 is 1.02 bits per heavy atom. The van der Waals surface area contributed by atoms with Crippen LogP contribution in [0, 0.1) is 11.7 Å². The van der Waals surface area contributed by atoms with Crippen LogP contribution >= 0.6 is 0 Å². The number of Topliss-reactive ketones (excluding diaryl/α,β-unsaturated/α-hetero) is 1. The molecule has 1 aliphatic rings. The van der Waals surface area contributed by atoms with Gasteiger partial charge in [-0.3, -0.25) is 9.59 Å². The maximum atomic E-state index is 13.3. The van der Waals surface area contributed by atoms with Crippen LogP contribution in [0.15, 0.2) is 60.7 Å². The number of rotatable bonds is 15. The number of hydrogen-bond donors (Lipinski definition) is 1. The van der Waals surface area contributed by atoms with Crippen molar-refractivity contribution in [3.8, 4) is 11.1 Å². The highest BCUT2D eigenvalue weighted by Crippen LogP contribution is 2.22. The molecule has 3 aromatic rings. The summed E-state index contributed by atoms with van der Waals surface area (Å²) >= 11 is 0. The van der Waals surface area contributed by atoms with Gasteiger partial charge in [-0.1, -0.05) is 69.3 Å². The highest BCUT2D eigenvalue weighted by atomic mass is 19.1. The van der Waals surface area contributed by atoms with Gasteiger partial charge in [0.05, 0.1) is 25.9 Å². The molecule has 6 nitrogen and oxygen atoms in total. The van der Waals surface area contributed by atoms with Crippen molar-refractivity contribution in [1.82, 2.24) is 10.2 Å². The largest absolute Gasteiger partial charge is 0.380 e. The molecule has 0 aliphatic carbocycles. The van der Waals surface area contributed by atoms with E-state index >= 15 is 0 Å². The number of benzene rings is 3. The fraction of sp³-hybridized carbons (Fsp3) is 0.421. The van der Waals surface area contributed by atoms with Gasteiger partial charge in [0.2, 0.25) is 0 Å². The summed E-state index contributed by atoms with van der Waals surface area (Å²) in [6, 6.07) is 17.7. The molecule has 1 fully saturated rings. The number of nitrogens with zero attached hydrogens (tertiary/aromatic N) is 1. The summed E-state index contributed by atoms with van der Waals surface area (Å²) in [7, 11) is 2.07. The summed E-state index contributed by atoms with van der Waals surface area (Å²) in [5, 5.41) is 4.89. The van der Waals surface area contributed by atoms with Crippen molar-refractivity contribution >= 4 is 24.5 Å². The van der Waals surface area contributed by atoms with Gasteiger partial charge < -0.3 is 19.7 Å². The lowest BCUT2D eigenvalue weighted by atomic mass is 9.94. The molecule has 4 rings (SSSR count). The number of hydrogen-bond acceptors (Lipinski definition) is 5. The van der Waals surface area contributed by atoms with Crippen molar-refractivity contribution < 1.29 is 23.5 Å². The van der Waals surface area contributed by atoms with E-state index in [2.05, 4.69) is 43.9 Å². The second kappa shape index (κ2) is 17.0. The number of amides is 1. The van der Waals surface area contributed by atoms with Gasteiger partial charge >= 0.3 is 0 Å². The zero-order chi connectivity index (χ0) is 32.2. The molecule has 1 aliphatic heterocycles. The van der Waals surface area contributed by atoms with Crippen LogP contribution in [0.3, 0.4) is 0 Å². The summed E-state index contributed by atoms with van der Waals surface area (Å²) in [5.41, 5.74) is 4.23. The van der Waals surface area contributed by atoms with Gasteiger partial charge in [0.15, 0.2) is 5.78 Å². The summed E-state index contributed by atoms with van der Waals surface area (Å²) in [5.74, 6) is 0.201. The van der Waals surface area contributed by atoms with Crippen LogP contribution in [0.25, 0.3) is 23.9 Å². The fourth-order valence-corrected chi connectivity index (χ4v) is 6.03. The van der Waals surface area contributed by atoms with Crippen LogP contribution in [-0.4, -0.2) is 62.7 Å². The Balaban J connectivity index is 1.35. The zero-order valence-corrected chi connectivity index (χ0v) is 26.9. The Hall–Kier alpha value is -3.81. The molecule has 2 atom stereocenters. The van der Waals surface area contributed by atoms with Crippen LogP contribution in [-0.2, 0) is 15.9 Å². The molecule has 1 saturated heterocycles. The average molecular weight is 615 g/mol. The van der Waals surface area contributed by atoms with Gasteiger partial charge in [-0.25, -0.2) is 4.39 Å². The number of ketones is 1. The molecule has 240 valence electrons. The molecule has 2 unspecified atom stereocenters. The van der Waals surface area contributed by atoms with Crippen LogP contribution in [0.5, 0.6) is 0 Å². The topological polar surface area (TPSA) is 67.9 Å². The van der Waals surface area contributed by atoms with Crippen molar-refractivity contribution in [3.63, 3.8) is 0 Å². The van der Waals surface area contributed by atoms with E-state index in [0.717, 1.165) is 59.4 Å². The molecule has 0 aromatic heterocycles. The molecule has 0 saturated carbocycles. The van der Waals surface area contributed by atoms with Crippen molar-refractivity contribution in [2.45, 2.75) is 58.5 Å². The summed E-state index contributed by atoms with van der Waals surface area (Å²) in [6.45, 7) is 11.4. The predicted octanol–water partition coefficient (Wildman–Crippen LogP) is 5.75. The molecule has 7 heteroatoms. The summed E-state index contributed by atoms with van der Waals surface area (Å²) < 4.78 is 24.4. The molecular weight excluding hydrogens is 567 g/mol. The van der Waals surface area contributed by atoms with Crippen LogP contribution < -0.4 is 15.8 Å². The monoisotopic (exact) mass is 614 g/mol. The van der Waals surface area contributed by atoms with E-state index in [1.165, 1.54) is 12.1 Å². The smallest absolute Gasteiger partial charge is 0.251 e. The average Bonchev–Trinajstić information content (AvgIpc) is 3.05. The number of ether oxygens (including phenoxy) is 2. The van der Waals surface area contributed by atoms with Crippen molar-refractivity contribution in [2.24, 2.45) is 5.92 Å². The Labute approximate surface area is 266 Å². The molecule has 0 spiro atoms. The molecule has 45 heavy (non-hydrogen) atoms. The minimum atomic E-state index is -0.264. The Morgan fingerprint density at radius 3 is 2.38 bits per heavy atom. The molecule has 0 bridgehead atoms. The molecule has 3 aromatic carbocycles. The Morgan fingerprint density at radius 2 is 1.73 bits per heavy atom. The standard InChI is InChI=1S/C38H47FN2O4/c1-5-8-28(9-7-10-37(42)31-14-12-29(13-15-31)30-16-18-32(39)19-17-30)24-41(4)25-36-27(3)11-20-35(34(36)6-2)38(43)40-23-33-26-44-21-22-45-33/h11-20,25,28,33H,3,5-10,21-24,26H2,1-2,4H3,(H,40,43)/b36-25+. The third-order valence-corrected chi connectivity index (χ3v) is 8.41. The molecule has 1 N–H and O–H groups in total. The van der Waals surface area contributed by atoms with Gasteiger partial charge in [0, 0.05) is 49.1 Å².